The SMILES string of the molecule is CCN1CCN(C(=O)C2CCC(=O)N2c2ccc(OC)cc2)CC1. The number of carbonyl (C=O) groups excluding carboxylic acids is 2. The van der Waals surface area contributed by atoms with Crippen LogP contribution in [-0.4, -0.2) is 67.5 Å². The van der Waals surface area contributed by atoms with Crippen LogP contribution in [-0.2, 0) is 9.59 Å². The second-order valence-corrected chi connectivity index (χ2v) is 6.28. The molecule has 2 saturated heterocycles. The molecule has 2 aliphatic rings. The standard InChI is InChI=1S/C18H25N3O3/c1-3-19-10-12-20(13-11-19)18(23)16-8-9-17(22)21(16)14-4-6-15(24-2)7-5-14/h4-7,16H,3,8-13H2,1-2H3. The Morgan fingerprint density at radius 3 is 2.42 bits per heavy atom. The fraction of sp³-hybridized carbons (Fsp3) is 0.556. The Morgan fingerprint density at radius 1 is 1.17 bits per heavy atom. The smallest absolute Gasteiger partial charge is 0.245 e. The van der Waals surface area contributed by atoms with Crippen molar-refractivity contribution in [2.24, 2.45) is 0 Å². The summed E-state index contributed by atoms with van der Waals surface area (Å²) in [5.74, 6) is 0.835. The number of likely N-dealkylation sites (N-methyl/N-ethyl adjacent to an activating group) is 1. The lowest BCUT2D eigenvalue weighted by atomic mass is 10.1. The molecule has 1 atom stereocenters. The molecule has 1 aromatic carbocycles. The lowest BCUT2D eigenvalue weighted by Gasteiger charge is -2.36. The maximum absolute atomic E-state index is 12.9. The highest BCUT2D eigenvalue weighted by Crippen LogP contribution is 2.29. The molecule has 6 heteroatoms. The maximum atomic E-state index is 12.9. The predicted octanol–water partition coefficient (Wildman–Crippen LogP) is 1.35. The van der Waals surface area contributed by atoms with Gasteiger partial charge in [-0.3, -0.25) is 14.5 Å². The van der Waals surface area contributed by atoms with E-state index in [0.717, 1.165) is 44.2 Å². The van der Waals surface area contributed by atoms with Gasteiger partial charge in [-0.15, -0.1) is 0 Å². The summed E-state index contributed by atoms with van der Waals surface area (Å²) < 4.78 is 5.17. The highest BCUT2D eigenvalue weighted by atomic mass is 16.5. The number of ether oxygens (including phenoxy) is 1. The third-order valence-electron chi connectivity index (χ3n) is 4.98. The molecule has 2 fully saturated rings. The Balaban J connectivity index is 1.73. The molecule has 6 nitrogen and oxygen atoms in total. The Bertz CT molecular complexity index is 594. The molecule has 0 radical (unpaired) electrons. The van der Waals surface area contributed by atoms with Gasteiger partial charge in [0.25, 0.3) is 0 Å². The molecule has 0 aliphatic carbocycles. The first-order valence-electron chi connectivity index (χ1n) is 8.61. The van der Waals surface area contributed by atoms with Crippen molar-refractivity contribution in [3.8, 4) is 5.75 Å². The van der Waals surface area contributed by atoms with Gasteiger partial charge in [-0.25, -0.2) is 0 Å². The molecule has 1 aromatic rings. The molecule has 0 saturated carbocycles. The van der Waals surface area contributed by atoms with E-state index in [-0.39, 0.29) is 17.9 Å². The van der Waals surface area contributed by atoms with Crippen molar-refractivity contribution >= 4 is 17.5 Å². The van der Waals surface area contributed by atoms with Crippen LogP contribution >= 0.6 is 0 Å². The molecule has 0 aromatic heterocycles. The van der Waals surface area contributed by atoms with Crippen molar-refractivity contribution in [2.75, 3.05) is 44.7 Å². The molecular formula is C18H25N3O3. The molecule has 2 amide bonds. The van der Waals surface area contributed by atoms with E-state index in [9.17, 15) is 9.59 Å². The molecule has 2 heterocycles. The minimum Gasteiger partial charge on any atom is -0.497 e. The van der Waals surface area contributed by atoms with Gasteiger partial charge in [-0.2, -0.15) is 0 Å². The second kappa shape index (κ2) is 7.21. The minimum absolute atomic E-state index is 0.0192. The lowest BCUT2D eigenvalue weighted by molar-refractivity contribution is -0.134. The van der Waals surface area contributed by atoms with Gasteiger partial charge >= 0.3 is 0 Å². The summed E-state index contributed by atoms with van der Waals surface area (Å²) in [6.07, 6.45) is 1.02. The van der Waals surface area contributed by atoms with Gasteiger partial charge in [-0.05, 0) is 37.2 Å². The number of benzene rings is 1. The zero-order valence-electron chi connectivity index (χ0n) is 14.4. The topological polar surface area (TPSA) is 53.1 Å². The molecular weight excluding hydrogens is 306 g/mol. The quantitative estimate of drug-likeness (QED) is 0.836. The third-order valence-corrected chi connectivity index (χ3v) is 4.98. The highest BCUT2D eigenvalue weighted by molar-refractivity contribution is 6.03. The van der Waals surface area contributed by atoms with Crippen LogP contribution in [0.5, 0.6) is 5.75 Å². The fourth-order valence-corrected chi connectivity index (χ4v) is 3.48. The Hall–Kier alpha value is -2.08. The Kier molecular flexibility index (Phi) is 5.04. The van der Waals surface area contributed by atoms with E-state index in [1.807, 2.05) is 29.2 Å². The molecule has 24 heavy (non-hydrogen) atoms. The van der Waals surface area contributed by atoms with Crippen LogP contribution < -0.4 is 9.64 Å². The van der Waals surface area contributed by atoms with Crippen molar-refractivity contribution in [3.63, 3.8) is 0 Å². The zero-order chi connectivity index (χ0) is 17.1. The monoisotopic (exact) mass is 331 g/mol. The molecule has 3 rings (SSSR count). The van der Waals surface area contributed by atoms with E-state index in [4.69, 9.17) is 4.74 Å². The number of carbonyl (C=O) groups is 2. The average molecular weight is 331 g/mol. The first-order chi connectivity index (χ1) is 11.6. The number of methoxy groups -OCH3 is 1. The summed E-state index contributed by atoms with van der Waals surface area (Å²) in [6.45, 7) is 6.46. The molecule has 130 valence electrons. The third kappa shape index (κ3) is 3.24. The van der Waals surface area contributed by atoms with Gasteiger partial charge in [0.2, 0.25) is 11.8 Å². The Labute approximate surface area is 143 Å². The van der Waals surface area contributed by atoms with Gasteiger partial charge in [0.05, 0.1) is 7.11 Å². The summed E-state index contributed by atoms with van der Waals surface area (Å²) in [5, 5.41) is 0. The van der Waals surface area contributed by atoms with Crippen LogP contribution in [0.2, 0.25) is 0 Å². The van der Waals surface area contributed by atoms with Crippen LogP contribution in [0.4, 0.5) is 5.69 Å². The molecule has 0 spiro atoms. The van der Waals surface area contributed by atoms with Crippen LogP contribution in [0.3, 0.4) is 0 Å². The number of anilines is 1. The number of amides is 2. The van der Waals surface area contributed by atoms with Crippen LogP contribution in [0.25, 0.3) is 0 Å². The first-order valence-corrected chi connectivity index (χ1v) is 8.61. The van der Waals surface area contributed by atoms with Gasteiger partial charge in [0, 0.05) is 38.3 Å². The van der Waals surface area contributed by atoms with Gasteiger partial charge in [0.1, 0.15) is 11.8 Å². The second-order valence-electron chi connectivity index (χ2n) is 6.28. The largest absolute Gasteiger partial charge is 0.497 e. The molecule has 1 unspecified atom stereocenters. The van der Waals surface area contributed by atoms with E-state index in [2.05, 4.69) is 11.8 Å². The minimum atomic E-state index is -0.376. The molecule has 2 aliphatic heterocycles. The molecule has 0 N–H and O–H groups in total. The van der Waals surface area contributed by atoms with Crippen LogP contribution in [0.1, 0.15) is 19.8 Å². The molecule has 0 bridgehead atoms. The van der Waals surface area contributed by atoms with E-state index < -0.39 is 0 Å². The summed E-state index contributed by atoms with van der Waals surface area (Å²) >= 11 is 0. The van der Waals surface area contributed by atoms with Crippen molar-refractivity contribution in [1.29, 1.82) is 0 Å². The van der Waals surface area contributed by atoms with Crippen molar-refractivity contribution in [1.82, 2.24) is 9.80 Å². The first kappa shape index (κ1) is 16.8. The normalized spacial score (nSPS) is 22.1. The average Bonchev–Trinajstić information content (AvgIpc) is 3.02. The number of rotatable bonds is 4. The van der Waals surface area contributed by atoms with Gasteiger partial charge in [0.15, 0.2) is 0 Å². The highest BCUT2D eigenvalue weighted by Gasteiger charge is 2.39. The number of piperazine rings is 1. The predicted molar refractivity (Wildman–Crippen MR) is 92.2 cm³/mol. The van der Waals surface area contributed by atoms with Crippen LogP contribution in [0.15, 0.2) is 24.3 Å². The van der Waals surface area contributed by atoms with E-state index in [0.29, 0.717) is 12.8 Å². The van der Waals surface area contributed by atoms with Crippen molar-refractivity contribution in [3.05, 3.63) is 24.3 Å². The number of nitrogens with zero attached hydrogens (tertiary/aromatic N) is 3. The number of hydrogen-bond acceptors (Lipinski definition) is 4. The van der Waals surface area contributed by atoms with Gasteiger partial charge < -0.3 is 14.5 Å². The Morgan fingerprint density at radius 2 is 1.83 bits per heavy atom. The summed E-state index contributed by atoms with van der Waals surface area (Å²) in [5.41, 5.74) is 0.767. The summed E-state index contributed by atoms with van der Waals surface area (Å²) in [7, 11) is 1.61. The van der Waals surface area contributed by atoms with Gasteiger partial charge in [-0.1, -0.05) is 6.92 Å². The zero-order valence-corrected chi connectivity index (χ0v) is 14.4. The van der Waals surface area contributed by atoms with E-state index in [1.54, 1.807) is 12.0 Å². The van der Waals surface area contributed by atoms with Crippen LogP contribution in [0, 0.1) is 0 Å². The maximum Gasteiger partial charge on any atom is 0.245 e. The number of hydrogen-bond donors (Lipinski definition) is 0. The van der Waals surface area contributed by atoms with E-state index >= 15 is 0 Å². The summed E-state index contributed by atoms with van der Waals surface area (Å²) in [6, 6.07) is 6.96. The fourth-order valence-electron chi connectivity index (χ4n) is 3.48. The lowest BCUT2D eigenvalue weighted by Crippen LogP contribution is -2.54. The summed E-state index contributed by atoms with van der Waals surface area (Å²) in [4.78, 5) is 31.2. The van der Waals surface area contributed by atoms with Crippen molar-refractivity contribution in [2.45, 2.75) is 25.8 Å². The van der Waals surface area contributed by atoms with Crippen molar-refractivity contribution < 1.29 is 14.3 Å². The van der Waals surface area contributed by atoms with E-state index in [1.165, 1.54) is 0 Å².